The Morgan fingerprint density at radius 1 is 1.04 bits per heavy atom. The number of hydrogen-bond acceptors (Lipinski definition) is 4. The minimum Gasteiger partial charge on any atom is -0.508 e. The molecule has 0 saturated heterocycles. The van der Waals surface area contributed by atoms with Gasteiger partial charge in [-0.2, -0.15) is 0 Å². The van der Waals surface area contributed by atoms with Gasteiger partial charge in [0.05, 0.1) is 12.7 Å². The highest BCUT2D eigenvalue weighted by molar-refractivity contribution is 5.89. The molecule has 0 heterocycles. The highest BCUT2D eigenvalue weighted by Crippen LogP contribution is 2.33. The zero-order valence-electron chi connectivity index (χ0n) is 16.7. The van der Waals surface area contributed by atoms with Crippen LogP contribution in [0.1, 0.15) is 55.1 Å². The van der Waals surface area contributed by atoms with Crippen molar-refractivity contribution >= 4 is 5.97 Å². The lowest BCUT2D eigenvalue weighted by molar-refractivity contribution is 0.0600. The van der Waals surface area contributed by atoms with E-state index in [9.17, 15) is 9.90 Å². The maximum Gasteiger partial charge on any atom is 0.337 e. The van der Waals surface area contributed by atoms with Crippen LogP contribution in [0.5, 0.6) is 5.75 Å². The quantitative estimate of drug-likeness (QED) is 0.704. The molecule has 0 aliphatic carbocycles. The predicted octanol–water partition coefficient (Wildman–Crippen LogP) is 4.94. The van der Waals surface area contributed by atoms with E-state index in [2.05, 4.69) is 44.9 Å². The SMILES string of the molecule is COC(=O)c1ccc(O)c(C(/C=C/N(C(C)C)C(C)C)c2ccccc2)c1. The first-order chi connectivity index (χ1) is 12.8. The van der Waals surface area contributed by atoms with Crippen molar-refractivity contribution in [2.45, 2.75) is 45.7 Å². The summed E-state index contributed by atoms with van der Waals surface area (Å²) >= 11 is 0. The minimum absolute atomic E-state index is 0.154. The van der Waals surface area contributed by atoms with Gasteiger partial charge in [0.2, 0.25) is 0 Å². The van der Waals surface area contributed by atoms with Crippen molar-refractivity contribution in [3.8, 4) is 5.75 Å². The zero-order valence-corrected chi connectivity index (χ0v) is 16.7. The topological polar surface area (TPSA) is 49.8 Å². The summed E-state index contributed by atoms with van der Waals surface area (Å²) in [4.78, 5) is 14.2. The Morgan fingerprint density at radius 3 is 2.22 bits per heavy atom. The van der Waals surface area contributed by atoms with Gasteiger partial charge < -0.3 is 14.7 Å². The molecule has 0 aliphatic rings. The molecule has 0 fully saturated rings. The largest absolute Gasteiger partial charge is 0.508 e. The van der Waals surface area contributed by atoms with E-state index in [1.54, 1.807) is 18.2 Å². The fourth-order valence-electron chi connectivity index (χ4n) is 3.23. The molecule has 144 valence electrons. The molecule has 0 spiro atoms. The molecule has 0 radical (unpaired) electrons. The number of hydrogen-bond donors (Lipinski definition) is 1. The Balaban J connectivity index is 2.53. The van der Waals surface area contributed by atoms with Crippen LogP contribution < -0.4 is 0 Å². The second kappa shape index (κ2) is 9.26. The Morgan fingerprint density at radius 2 is 1.67 bits per heavy atom. The smallest absolute Gasteiger partial charge is 0.337 e. The fraction of sp³-hybridized carbons (Fsp3) is 0.348. The molecule has 0 saturated carbocycles. The van der Waals surface area contributed by atoms with Gasteiger partial charge in [0.25, 0.3) is 0 Å². The summed E-state index contributed by atoms with van der Waals surface area (Å²) in [7, 11) is 1.35. The Hall–Kier alpha value is -2.75. The van der Waals surface area contributed by atoms with Gasteiger partial charge in [-0.15, -0.1) is 0 Å². The summed E-state index contributed by atoms with van der Waals surface area (Å²) in [5.74, 6) is -0.448. The lowest BCUT2D eigenvalue weighted by Crippen LogP contribution is -2.32. The Bertz CT molecular complexity index is 773. The average molecular weight is 367 g/mol. The van der Waals surface area contributed by atoms with Crippen molar-refractivity contribution in [3.05, 3.63) is 77.5 Å². The molecule has 2 aromatic carbocycles. The number of benzene rings is 2. The number of aromatic hydroxyl groups is 1. The van der Waals surface area contributed by atoms with Gasteiger partial charge in [-0.1, -0.05) is 36.4 Å². The van der Waals surface area contributed by atoms with Crippen LogP contribution in [0.15, 0.2) is 60.8 Å². The Kier molecular flexibility index (Phi) is 7.05. The van der Waals surface area contributed by atoms with Gasteiger partial charge >= 0.3 is 5.97 Å². The number of nitrogens with zero attached hydrogens (tertiary/aromatic N) is 1. The molecule has 2 aromatic rings. The molecule has 0 aliphatic heterocycles. The predicted molar refractivity (Wildman–Crippen MR) is 109 cm³/mol. The van der Waals surface area contributed by atoms with Crippen molar-refractivity contribution in [2.24, 2.45) is 0 Å². The number of phenols is 1. The van der Waals surface area contributed by atoms with Crippen molar-refractivity contribution in [2.75, 3.05) is 7.11 Å². The van der Waals surface area contributed by atoms with E-state index in [4.69, 9.17) is 4.74 Å². The van der Waals surface area contributed by atoms with Crippen LogP contribution in [-0.4, -0.2) is 35.2 Å². The number of ether oxygens (including phenoxy) is 1. The van der Waals surface area contributed by atoms with E-state index in [0.29, 0.717) is 23.2 Å². The van der Waals surface area contributed by atoms with Crippen molar-refractivity contribution in [3.63, 3.8) is 0 Å². The third-order valence-corrected chi connectivity index (χ3v) is 4.59. The molecule has 1 N–H and O–H groups in total. The normalized spacial score (nSPS) is 12.6. The summed E-state index contributed by atoms with van der Waals surface area (Å²) in [6, 6.07) is 15.5. The number of methoxy groups -OCH3 is 1. The first-order valence-corrected chi connectivity index (χ1v) is 9.27. The highest BCUT2D eigenvalue weighted by atomic mass is 16.5. The molecule has 0 amide bonds. The van der Waals surface area contributed by atoms with Gasteiger partial charge in [0.1, 0.15) is 5.75 Å². The standard InChI is InChI=1S/C23H29NO3/c1-16(2)24(17(3)4)14-13-20(18-9-7-6-8-10-18)21-15-19(23(26)27-5)11-12-22(21)25/h6-17,20,25H,1-5H3/b14-13+. The van der Waals surface area contributed by atoms with Gasteiger partial charge in [-0.25, -0.2) is 4.79 Å². The van der Waals surface area contributed by atoms with Crippen LogP contribution in [0.3, 0.4) is 0 Å². The lowest BCUT2D eigenvalue weighted by Gasteiger charge is -2.30. The molecule has 27 heavy (non-hydrogen) atoms. The van der Waals surface area contributed by atoms with Crippen molar-refractivity contribution in [1.82, 2.24) is 4.90 Å². The number of rotatable bonds is 7. The lowest BCUT2D eigenvalue weighted by atomic mass is 9.89. The van der Waals surface area contributed by atoms with Crippen LogP contribution in [0.2, 0.25) is 0 Å². The maximum atomic E-state index is 12.0. The molecule has 0 bridgehead atoms. The van der Waals surface area contributed by atoms with E-state index in [-0.39, 0.29) is 11.7 Å². The van der Waals surface area contributed by atoms with Crippen LogP contribution in [0, 0.1) is 0 Å². The number of allylic oxidation sites excluding steroid dienone is 1. The summed E-state index contributed by atoms with van der Waals surface area (Å²) in [6.45, 7) is 8.60. The van der Waals surface area contributed by atoms with E-state index < -0.39 is 5.97 Å². The zero-order chi connectivity index (χ0) is 20.0. The third kappa shape index (κ3) is 5.13. The Labute approximate surface area is 162 Å². The maximum absolute atomic E-state index is 12.0. The fourth-order valence-corrected chi connectivity index (χ4v) is 3.23. The molecule has 4 nitrogen and oxygen atoms in total. The van der Waals surface area contributed by atoms with Gasteiger partial charge in [-0.3, -0.25) is 0 Å². The van der Waals surface area contributed by atoms with Crippen LogP contribution in [0.4, 0.5) is 0 Å². The van der Waals surface area contributed by atoms with Gasteiger partial charge in [0, 0.05) is 23.6 Å². The van der Waals surface area contributed by atoms with Crippen LogP contribution in [-0.2, 0) is 4.74 Å². The molecule has 4 heteroatoms. The molecular formula is C23H29NO3. The second-order valence-electron chi connectivity index (χ2n) is 7.13. The van der Waals surface area contributed by atoms with E-state index in [0.717, 1.165) is 5.56 Å². The highest BCUT2D eigenvalue weighted by Gasteiger charge is 2.19. The number of carbonyl (C=O) groups is 1. The summed E-state index contributed by atoms with van der Waals surface area (Å²) in [5.41, 5.74) is 2.13. The monoisotopic (exact) mass is 367 g/mol. The molecular weight excluding hydrogens is 338 g/mol. The summed E-state index contributed by atoms with van der Waals surface area (Å²) in [5, 5.41) is 10.5. The molecule has 0 aromatic heterocycles. The number of phenolic OH excluding ortho intramolecular Hbond substituents is 1. The first kappa shape index (κ1) is 20.6. The molecule has 1 unspecified atom stereocenters. The minimum atomic E-state index is -0.418. The van der Waals surface area contributed by atoms with Crippen LogP contribution >= 0.6 is 0 Å². The van der Waals surface area contributed by atoms with E-state index in [1.165, 1.54) is 7.11 Å². The molecule has 2 rings (SSSR count). The number of esters is 1. The molecule has 1 atom stereocenters. The average Bonchev–Trinajstić information content (AvgIpc) is 2.65. The third-order valence-electron chi connectivity index (χ3n) is 4.59. The number of carbonyl (C=O) groups excluding carboxylic acids is 1. The first-order valence-electron chi connectivity index (χ1n) is 9.27. The van der Waals surface area contributed by atoms with E-state index >= 15 is 0 Å². The summed E-state index contributed by atoms with van der Waals surface area (Å²) < 4.78 is 4.83. The van der Waals surface area contributed by atoms with Crippen molar-refractivity contribution < 1.29 is 14.6 Å². The van der Waals surface area contributed by atoms with Crippen LogP contribution in [0.25, 0.3) is 0 Å². The second-order valence-corrected chi connectivity index (χ2v) is 7.13. The van der Waals surface area contributed by atoms with Crippen molar-refractivity contribution in [1.29, 1.82) is 0 Å². The van der Waals surface area contributed by atoms with Gasteiger partial charge in [0.15, 0.2) is 0 Å². The van der Waals surface area contributed by atoms with Gasteiger partial charge in [-0.05, 0) is 57.7 Å². The van der Waals surface area contributed by atoms with E-state index in [1.807, 2.05) is 30.3 Å². The summed E-state index contributed by atoms with van der Waals surface area (Å²) in [6.07, 6.45) is 4.16.